The quantitative estimate of drug-likeness (QED) is 0.350. The molecule has 0 N–H and O–H groups in total. The van der Waals surface area contributed by atoms with Crippen molar-refractivity contribution in [2.24, 2.45) is 5.92 Å². The summed E-state index contributed by atoms with van der Waals surface area (Å²) < 4.78 is 30.3. The van der Waals surface area contributed by atoms with E-state index in [9.17, 15) is 8.42 Å². The number of hydrogen-bond acceptors (Lipinski definition) is 2. The van der Waals surface area contributed by atoms with Gasteiger partial charge in [-0.2, -0.15) is 0 Å². The molecular formula is C27H34N2O2SSi. The van der Waals surface area contributed by atoms with Crippen molar-refractivity contribution in [3.05, 3.63) is 71.9 Å². The third-order valence-electron chi connectivity index (χ3n) is 6.46. The third kappa shape index (κ3) is 5.60. The molecule has 174 valence electrons. The molecule has 6 heteroatoms. The van der Waals surface area contributed by atoms with Gasteiger partial charge in [0.25, 0.3) is 0 Å². The minimum atomic E-state index is -3.34. The maximum Gasteiger partial charge on any atom is 0.220 e. The summed E-state index contributed by atoms with van der Waals surface area (Å²) >= 11 is 0. The number of nitrogens with zero attached hydrogens (tertiary/aromatic N) is 2. The summed E-state index contributed by atoms with van der Waals surface area (Å²) in [6.45, 7) is 10.7. The highest BCUT2D eigenvalue weighted by molar-refractivity contribution is 7.89. The van der Waals surface area contributed by atoms with Crippen molar-refractivity contribution in [1.29, 1.82) is 0 Å². The van der Waals surface area contributed by atoms with Crippen molar-refractivity contribution < 1.29 is 8.42 Å². The van der Waals surface area contributed by atoms with Crippen LogP contribution in [0.3, 0.4) is 0 Å². The summed E-state index contributed by atoms with van der Waals surface area (Å²) in [6, 6.07) is 18.1. The van der Waals surface area contributed by atoms with Gasteiger partial charge in [-0.3, -0.25) is 0 Å². The number of benzene rings is 2. The first kappa shape index (κ1) is 23.8. The molecule has 0 amide bonds. The van der Waals surface area contributed by atoms with Gasteiger partial charge < -0.3 is 4.57 Å². The van der Waals surface area contributed by atoms with Crippen LogP contribution in [0, 0.1) is 17.4 Å². The van der Waals surface area contributed by atoms with Gasteiger partial charge >= 0.3 is 0 Å². The minimum Gasteiger partial charge on any atom is -0.347 e. The molecule has 2 aromatic carbocycles. The Bertz CT molecular complexity index is 1270. The molecule has 1 atom stereocenters. The lowest BCUT2D eigenvalue weighted by molar-refractivity contribution is 0.253. The summed E-state index contributed by atoms with van der Waals surface area (Å²) in [7, 11) is -4.73. The Morgan fingerprint density at radius 2 is 1.73 bits per heavy atom. The smallest absolute Gasteiger partial charge is 0.220 e. The van der Waals surface area contributed by atoms with E-state index in [1.165, 1.54) is 10.9 Å². The molecule has 0 saturated carbocycles. The van der Waals surface area contributed by atoms with Crippen LogP contribution in [0.15, 0.2) is 60.8 Å². The fraction of sp³-hybridized carbons (Fsp3) is 0.407. The van der Waals surface area contributed by atoms with Crippen LogP contribution in [-0.2, 0) is 16.6 Å². The van der Waals surface area contributed by atoms with E-state index >= 15 is 0 Å². The number of piperidine rings is 1. The van der Waals surface area contributed by atoms with Crippen LogP contribution in [0.1, 0.15) is 36.1 Å². The highest BCUT2D eigenvalue weighted by Gasteiger charge is 2.33. The van der Waals surface area contributed by atoms with Gasteiger partial charge in [0.1, 0.15) is 8.07 Å². The van der Waals surface area contributed by atoms with E-state index in [0.29, 0.717) is 19.0 Å². The van der Waals surface area contributed by atoms with E-state index in [1.807, 2.05) is 30.3 Å². The van der Waals surface area contributed by atoms with Gasteiger partial charge in [-0.25, -0.2) is 12.7 Å². The molecule has 1 aromatic heterocycles. The zero-order chi connectivity index (χ0) is 23.6. The minimum absolute atomic E-state index is 0.477. The molecule has 4 nitrogen and oxygen atoms in total. The molecule has 1 saturated heterocycles. The van der Waals surface area contributed by atoms with Gasteiger partial charge in [-0.15, -0.1) is 5.54 Å². The topological polar surface area (TPSA) is 42.3 Å². The maximum absolute atomic E-state index is 13.1. The van der Waals surface area contributed by atoms with Crippen molar-refractivity contribution in [2.45, 2.75) is 51.2 Å². The molecule has 1 unspecified atom stereocenters. The number of hydrogen-bond donors (Lipinski definition) is 0. The Morgan fingerprint density at radius 3 is 2.39 bits per heavy atom. The molecule has 1 aliphatic heterocycles. The second kappa shape index (κ2) is 9.50. The van der Waals surface area contributed by atoms with E-state index < -0.39 is 23.3 Å². The average molecular weight is 479 g/mol. The second-order valence-corrected chi connectivity index (χ2v) is 17.2. The third-order valence-corrected chi connectivity index (χ3v) is 9.58. The SMILES string of the molecule is CC(c1ccccc1)S(=O)(=O)N1CCC(Cn2ccc3cc(C#C[Si](C)(C)C)ccc32)CC1. The van der Waals surface area contributed by atoms with Crippen molar-refractivity contribution in [3.63, 3.8) is 0 Å². The van der Waals surface area contributed by atoms with E-state index in [1.54, 1.807) is 11.2 Å². The van der Waals surface area contributed by atoms with Gasteiger partial charge in [-0.05, 0) is 55.5 Å². The first-order chi connectivity index (χ1) is 15.6. The van der Waals surface area contributed by atoms with Crippen LogP contribution < -0.4 is 0 Å². The largest absolute Gasteiger partial charge is 0.347 e. The molecule has 3 aromatic rings. The Hall–Kier alpha value is -2.33. The Kier molecular flexibility index (Phi) is 6.85. The Labute approximate surface area is 199 Å². The molecule has 0 bridgehead atoms. The first-order valence-electron chi connectivity index (χ1n) is 11.8. The molecule has 0 radical (unpaired) electrons. The zero-order valence-electron chi connectivity index (χ0n) is 20.1. The summed E-state index contributed by atoms with van der Waals surface area (Å²) in [5, 5.41) is 0.705. The lowest BCUT2D eigenvalue weighted by Gasteiger charge is -2.33. The van der Waals surface area contributed by atoms with Crippen LogP contribution in [0.4, 0.5) is 0 Å². The summed E-state index contributed by atoms with van der Waals surface area (Å²) in [5.41, 5.74) is 6.59. The molecule has 4 rings (SSSR count). The van der Waals surface area contributed by atoms with Gasteiger partial charge in [0.15, 0.2) is 0 Å². The summed E-state index contributed by atoms with van der Waals surface area (Å²) in [4.78, 5) is 0. The summed E-state index contributed by atoms with van der Waals surface area (Å²) in [5.74, 6) is 3.82. The predicted octanol–water partition coefficient (Wildman–Crippen LogP) is 5.67. The fourth-order valence-electron chi connectivity index (χ4n) is 4.44. The van der Waals surface area contributed by atoms with Crippen LogP contribution in [0.25, 0.3) is 10.9 Å². The second-order valence-electron chi connectivity index (χ2n) is 10.2. The maximum atomic E-state index is 13.1. The highest BCUT2D eigenvalue weighted by atomic mass is 32.2. The molecular weight excluding hydrogens is 444 g/mol. The average Bonchev–Trinajstić information content (AvgIpc) is 3.19. The van der Waals surface area contributed by atoms with E-state index in [4.69, 9.17) is 0 Å². The standard InChI is InChI=1S/C27H34N2O2SSi/c1-22(25-8-6-5-7-9-25)32(30,31)29-17-12-24(13-18-29)21-28-16-14-26-20-23(10-11-27(26)28)15-19-33(2,3)4/h5-11,14,16,20,22,24H,12-13,17-18,21H2,1-4H3. The monoisotopic (exact) mass is 478 g/mol. The molecule has 1 fully saturated rings. The van der Waals surface area contributed by atoms with Crippen LogP contribution in [0.5, 0.6) is 0 Å². The number of aromatic nitrogens is 1. The Balaban J connectivity index is 1.40. The molecule has 2 heterocycles. The van der Waals surface area contributed by atoms with Crippen molar-refractivity contribution in [2.75, 3.05) is 13.1 Å². The van der Waals surface area contributed by atoms with E-state index in [-0.39, 0.29) is 0 Å². The van der Waals surface area contributed by atoms with Gasteiger partial charge in [0, 0.05) is 42.3 Å². The molecule has 0 aliphatic carbocycles. The zero-order valence-corrected chi connectivity index (χ0v) is 21.9. The lowest BCUT2D eigenvalue weighted by atomic mass is 9.98. The van der Waals surface area contributed by atoms with Gasteiger partial charge in [-0.1, -0.05) is 55.9 Å². The van der Waals surface area contributed by atoms with Crippen LogP contribution in [-0.4, -0.2) is 38.5 Å². The lowest BCUT2D eigenvalue weighted by Crippen LogP contribution is -2.41. The summed E-state index contributed by atoms with van der Waals surface area (Å²) in [6.07, 6.45) is 3.93. The number of sulfonamides is 1. The molecule has 1 aliphatic rings. The molecule has 0 spiro atoms. The van der Waals surface area contributed by atoms with Gasteiger partial charge in [0.05, 0.1) is 5.25 Å². The van der Waals surface area contributed by atoms with Crippen molar-refractivity contribution >= 4 is 29.0 Å². The first-order valence-corrected chi connectivity index (χ1v) is 16.8. The van der Waals surface area contributed by atoms with Crippen LogP contribution >= 0.6 is 0 Å². The van der Waals surface area contributed by atoms with Crippen molar-refractivity contribution in [1.82, 2.24) is 8.87 Å². The normalized spacial score (nSPS) is 17.0. The predicted molar refractivity (Wildman–Crippen MR) is 140 cm³/mol. The Morgan fingerprint density at radius 1 is 1.03 bits per heavy atom. The van der Waals surface area contributed by atoms with E-state index in [0.717, 1.165) is 30.5 Å². The van der Waals surface area contributed by atoms with E-state index in [2.05, 4.69) is 66.1 Å². The molecule has 33 heavy (non-hydrogen) atoms. The number of fused-ring (bicyclic) bond motifs is 1. The van der Waals surface area contributed by atoms with Crippen molar-refractivity contribution in [3.8, 4) is 11.5 Å². The number of rotatable bonds is 5. The van der Waals surface area contributed by atoms with Crippen LogP contribution in [0.2, 0.25) is 19.6 Å². The fourth-order valence-corrected chi connectivity index (χ4v) is 6.63. The van der Waals surface area contributed by atoms with Gasteiger partial charge in [0.2, 0.25) is 10.0 Å². The highest BCUT2D eigenvalue weighted by Crippen LogP contribution is 2.30.